The summed E-state index contributed by atoms with van der Waals surface area (Å²) in [5.41, 5.74) is 2.90. The molecule has 0 saturated carbocycles. The van der Waals surface area contributed by atoms with E-state index in [1.807, 2.05) is 0 Å². The lowest BCUT2D eigenvalue weighted by Gasteiger charge is -2.07. The van der Waals surface area contributed by atoms with Gasteiger partial charge in [0.15, 0.2) is 0 Å². The van der Waals surface area contributed by atoms with Gasteiger partial charge in [-0.25, -0.2) is 0 Å². The third kappa shape index (κ3) is 6.05. The molecule has 0 heteroatoms. The summed E-state index contributed by atoms with van der Waals surface area (Å²) in [5, 5.41) is 0. The van der Waals surface area contributed by atoms with Gasteiger partial charge in [-0.1, -0.05) is 81.9 Å². The molecule has 100 valence electrons. The predicted octanol–water partition coefficient (Wildman–Crippen LogP) is 6.23. The largest absolute Gasteiger partial charge is 0.0838 e. The summed E-state index contributed by atoms with van der Waals surface area (Å²) in [7, 11) is 0. The van der Waals surface area contributed by atoms with E-state index in [4.69, 9.17) is 0 Å². The Labute approximate surface area is 113 Å². The molecule has 18 heavy (non-hydrogen) atoms. The molecule has 1 rings (SSSR count). The van der Waals surface area contributed by atoms with Crippen LogP contribution in [0.2, 0.25) is 0 Å². The molecule has 1 aromatic rings. The Morgan fingerprint density at radius 2 is 1.50 bits per heavy atom. The van der Waals surface area contributed by atoms with Crippen molar-refractivity contribution in [2.24, 2.45) is 0 Å². The highest BCUT2D eigenvalue weighted by atomic mass is 14.0. The Kier molecular flexibility index (Phi) is 8.29. The van der Waals surface area contributed by atoms with Crippen LogP contribution < -0.4 is 0 Å². The fraction of sp³-hybridized carbons (Fsp3) is 0.556. The predicted molar refractivity (Wildman–Crippen MR) is 82.7 cm³/mol. The van der Waals surface area contributed by atoms with Crippen molar-refractivity contribution in [1.29, 1.82) is 0 Å². The first-order chi connectivity index (χ1) is 8.88. The summed E-state index contributed by atoms with van der Waals surface area (Å²) in [6.45, 7) is 4.43. The molecule has 0 unspecified atom stereocenters. The highest BCUT2D eigenvalue weighted by Crippen LogP contribution is 2.21. The molecule has 0 aliphatic carbocycles. The Bertz CT molecular complexity index is 321. The van der Waals surface area contributed by atoms with Crippen molar-refractivity contribution in [2.45, 2.75) is 65.2 Å². The van der Waals surface area contributed by atoms with Gasteiger partial charge >= 0.3 is 0 Å². The maximum Gasteiger partial charge on any atom is -0.0228 e. The van der Waals surface area contributed by atoms with Crippen molar-refractivity contribution in [2.75, 3.05) is 0 Å². The molecule has 0 spiro atoms. The zero-order valence-corrected chi connectivity index (χ0v) is 12.1. The number of rotatable bonds is 9. The van der Waals surface area contributed by atoms with Crippen LogP contribution in [0.1, 0.15) is 70.8 Å². The summed E-state index contributed by atoms with van der Waals surface area (Å²) >= 11 is 0. The van der Waals surface area contributed by atoms with Gasteiger partial charge in [-0.3, -0.25) is 0 Å². The number of allylic oxidation sites excluding steroid dienone is 2. The standard InChI is InChI=1S/C18H28/c1-3-5-6-7-8-9-11-14-17(4-2)18-15-12-10-13-16-18/h4,10,12-13,15-16H,3,5-9,11,14H2,1-2H3/b17-4-. The molecule has 1 aromatic carbocycles. The van der Waals surface area contributed by atoms with Crippen LogP contribution in [0.4, 0.5) is 0 Å². The second-order valence-electron chi connectivity index (χ2n) is 5.05. The van der Waals surface area contributed by atoms with Gasteiger partial charge in [0.05, 0.1) is 0 Å². The van der Waals surface area contributed by atoms with Crippen molar-refractivity contribution in [1.82, 2.24) is 0 Å². The van der Waals surface area contributed by atoms with E-state index >= 15 is 0 Å². The molecule has 0 N–H and O–H groups in total. The minimum Gasteiger partial charge on any atom is -0.0838 e. The second kappa shape index (κ2) is 9.94. The normalized spacial score (nSPS) is 11.8. The lowest BCUT2D eigenvalue weighted by atomic mass is 9.99. The molecular formula is C18H28. The van der Waals surface area contributed by atoms with Crippen LogP contribution in [-0.2, 0) is 0 Å². The number of hydrogen-bond acceptors (Lipinski definition) is 0. The molecule has 0 saturated heterocycles. The molecule has 0 atom stereocenters. The number of unbranched alkanes of at least 4 members (excludes halogenated alkanes) is 6. The average Bonchev–Trinajstić information content (AvgIpc) is 2.43. The molecule has 0 heterocycles. The monoisotopic (exact) mass is 244 g/mol. The molecule has 0 aliphatic rings. The van der Waals surface area contributed by atoms with E-state index in [1.165, 1.54) is 62.5 Å². The summed E-state index contributed by atoms with van der Waals surface area (Å²) in [6, 6.07) is 10.8. The van der Waals surface area contributed by atoms with E-state index in [0.717, 1.165) is 0 Å². The highest BCUT2D eigenvalue weighted by molar-refractivity contribution is 5.64. The molecule has 0 aromatic heterocycles. The summed E-state index contributed by atoms with van der Waals surface area (Å²) in [5.74, 6) is 0. The zero-order chi connectivity index (χ0) is 13.1. The number of hydrogen-bond donors (Lipinski definition) is 0. The van der Waals surface area contributed by atoms with E-state index in [0.29, 0.717) is 0 Å². The van der Waals surface area contributed by atoms with Crippen molar-refractivity contribution in [3.63, 3.8) is 0 Å². The Morgan fingerprint density at radius 3 is 2.11 bits per heavy atom. The quantitative estimate of drug-likeness (QED) is 0.452. The van der Waals surface area contributed by atoms with Gasteiger partial charge in [0.1, 0.15) is 0 Å². The lowest BCUT2D eigenvalue weighted by molar-refractivity contribution is 0.593. The smallest absolute Gasteiger partial charge is 0.0228 e. The van der Waals surface area contributed by atoms with Crippen LogP contribution in [-0.4, -0.2) is 0 Å². The average molecular weight is 244 g/mol. The SMILES string of the molecule is C/C=C(/CCCCCCCCC)c1ccccc1. The van der Waals surface area contributed by atoms with Crippen LogP contribution in [0, 0.1) is 0 Å². The fourth-order valence-corrected chi connectivity index (χ4v) is 2.38. The zero-order valence-electron chi connectivity index (χ0n) is 12.1. The van der Waals surface area contributed by atoms with Gasteiger partial charge in [0.25, 0.3) is 0 Å². The van der Waals surface area contributed by atoms with E-state index < -0.39 is 0 Å². The van der Waals surface area contributed by atoms with Crippen LogP contribution in [0.3, 0.4) is 0 Å². The maximum absolute atomic E-state index is 2.28. The van der Waals surface area contributed by atoms with Gasteiger partial charge < -0.3 is 0 Å². The molecule has 0 fully saturated rings. The molecule has 0 bridgehead atoms. The Balaban J connectivity index is 2.18. The van der Waals surface area contributed by atoms with Gasteiger partial charge in [-0.2, -0.15) is 0 Å². The van der Waals surface area contributed by atoms with Gasteiger partial charge in [-0.05, 0) is 30.9 Å². The van der Waals surface area contributed by atoms with Crippen molar-refractivity contribution in [3.05, 3.63) is 42.0 Å². The molecular weight excluding hydrogens is 216 g/mol. The topological polar surface area (TPSA) is 0 Å². The van der Waals surface area contributed by atoms with Crippen molar-refractivity contribution >= 4 is 5.57 Å². The van der Waals surface area contributed by atoms with Gasteiger partial charge in [-0.15, -0.1) is 0 Å². The van der Waals surface area contributed by atoms with Crippen LogP contribution in [0.25, 0.3) is 5.57 Å². The fourth-order valence-electron chi connectivity index (χ4n) is 2.38. The third-order valence-corrected chi connectivity index (χ3v) is 3.54. The lowest BCUT2D eigenvalue weighted by Crippen LogP contribution is -1.86. The summed E-state index contributed by atoms with van der Waals surface area (Å²) < 4.78 is 0. The molecule has 0 nitrogen and oxygen atoms in total. The van der Waals surface area contributed by atoms with Crippen molar-refractivity contribution < 1.29 is 0 Å². The maximum atomic E-state index is 2.28. The van der Waals surface area contributed by atoms with E-state index in [1.54, 1.807) is 0 Å². The van der Waals surface area contributed by atoms with E-state index in [2.05, 4.69) is 50.3 Å². The van der Waals surface area contributed by atoms with Gasteiger partial charge in [0.2, 0.25) is 0 Å². The Hall–Kier alpha value is -1.04. The summed E-state index contributed by atoms with van der Waals surface area (Å²) in [4.78, 5) is 0. The van der Waals surface area contributed by atoms with Crippen LogP contribution in [0.5, 0.6) is 0 Å². The van der Waals surface area contributed by atoms with Gasteiger partial charge in [0, 0.05) is 0 Å². The second-order valence-corrected chi connectivity index (χ2v) is 5.05. The summed E-state index contributed by atoms with van der Waals surface area (Å²) in [6.07, 6.45) is 13.2. The van der Waals surface area contributed by atoms with Crippen LogP contribution in [0.15, 0.2) is 36.4 Å². The van der Waals surface area contributed by atoms with Crippen molar-refractivity contribution in [3.8, 4) is 0 Å². The first kappa shape index (κ1) is 15.0. The first-order valence-corrected chi connectivity index (χ1v) is 7.59. The third-order valence-electron chi connectivity index (χ3n) is 3.54. The Morgan fingerprint density at radius 1 is 0.889 bits per heavy atom. The van der Waals surface area contributed by atoms with E-state index in [-0.39, 0.29) is 0 Å². The van der Waals surface area contributed by atoms with Crippen LogP contribution >= 0.6 is 0 Å². The first-order valence-electron chi connectivity index (χ1n) is 7.59. The minimum atomic E-state index is 1.23. The number of benzene rings is 1. The van der Waals surface area contributed by atoms with E-state index in [9.17, 15) is 0 Å². The highest BCUT2D eigenvalue weighted by Gasteiger charge is 1.99. The molecule has 0 radical (unpaired) electrons. The minimum absolute atomic E-state index is 1.23. The molecule has 0 aliphatic heterocycles. The molecule has 0 amide bonds.